The Morgan fingerprint density at radius 1 is 0.943 bits per heavy atom. The van der Waals surface area contributed by atoms with E-state index in [1.54, 1.807) is 6.92 Å². The van der Waals surface area contributed by atoms with Gasteiger partial charge in [-0.25, -0.2) is 4.79 Å². The standard InChI is InChI=1S/C24H22Cl4N2O5/c1-3-4-10-14(24(34)35-11-15(31)29-12(2)13-8-6-5-7-9-13)30-22(32)16-17(23(30)33)19(26)21(28)20(27)18(16)25/h5-9,12,14H,3-4,10-11H2,1-2H3,(H,29,31)/t12-,14-/m0/s1. The summed E-state index contributed by atoms with van der Waals surface area (Å²) in [5.74, 6) is -3.11. The van der Waals surface area contributed by atoms with Gasteiger partial charge in [0.2, 0.25) is 0 Å². The van der Waals surface area contributed by atoms with E-state index in [-0.39, 0.29) is 43.7 Å². The summed E-state index contributed by atoms with van der Waals surface area (Å²) < 4.78 is 5.20. The molecule has 0 fully saturated rings. The summed E-state index contributed by atoms with van der Waals surface area (Å²) in [6.07, 6.45) is 1.31. The highest BCUT2D eigenvalue weighted by molar-refractivity contribution is 6.55. The van der Waals surface area contributed by atoms with E-state index in [4.69, 9.17) is 51.1 Å². The van der Waals surface area contributed by atoms with Gasteiger partial charge in [0, 0.05) is 0 Å². The molecule has 0 aromatic heterocycles. The number of rotatable bonds is 9. The Labute approximate surface area is 222 Å². The lowest BCUT2D eigenvalue weighted by Gasteiger charge is -2.24. The van der Waals surface area contributed by atoms with E-state index >= 15 is 0 Å². The van der Waals surface area contributed by atoms with Gasteiger partial charge in [0.05, 0.1) is 37.3 Å². The number of hydrogen-bond donors (Lipinski definition) is 1. The molecule has 2 atom stereocenters. The highest BCUT2D eigenvalue weighted by Crippen LogP contribution is 2.45. The second-order valence-corrected chi connectivity index (χ2v) is 9.46. The Bertz CT molecular complexity index is 1130. The highest BCUT2D eigenvalue weighted by atomic mass is 35.5. The van der Waals surface area contributed by atoms with Gasteiger partial charge in [-0.05, 0) is 18.9 Å². The fourth-order valence-electron chi connectivity index (χ4n) is 3.74. The van der Waals surface area contributed by atoms with Crippen LogP contribution in [-0.4, -0.2) is 41.2 Å². The number of halogens is 4. The second-order valence-electron chi connectivity index (χ2n) is 7.95. The number of hydrogen-bond acceptors (Lipinski definition) is 5. The first-order valence-electron chi connectivity index (χ1n) is 10.8. The van der Waals surface area contributed by atoms with Crippen LogP contribution in [0.1, 0.15) is 65.4 Å². The average Bonchev–Trinajstić information content (AvgIpc) is 3.11. The van der Waals surface area contributed by atoms with E-state index in [1.807, 2.05) is 37.3 Å². The summed E-state index contributed by atoms with van der Waals surface area (Å²) in [6.45, 7) is 3.10. The Balaban J connectivity index is 1.77. The lowest BCUT2D eigenvalue weighted by molar-refractivity contribution is -0.152. The molecule has 0 radical (unpaired) electrons. The number of unbranched alkanes of at least 4 members (excludes halogenated alkanes) is 1. The summed E-state index contributed by atoms with van der Waals surface area (Å²) in [7, 11) is 0. The average molecular weight is 560 g/mol. The van der Waals surface area contributed by atoms with Gasteiger partial charge in [0.15, 0.2) is 6.61 Å². The molecule has 0 unspecified atom stereocenters. The summed E-state index contributed by atoms with van der Waals surface area (Å²) in [4.78, 5) is 52.4. The molecule has 1 aliphatic heterocycles. The maximum atomic E-state index is 13.2. The van der Waals surface area contributed by atoms with Gasteiger partial charge in [-0.2, -0.15) is 0 Å². The van der Waals surface area contributed by atoms with Crippen LogP contribution >= 0.6 is 46.4 Å². The lowest BCUT2D eigenvalue weighted by atomic mass is 10.1. The van der Waals surface area contributed by atoms with E-state index < -0.39 is 36.3 Å². The van der Waals surface area contributed by atoms with Crippen LogP contribution in [0.2, 0.25) is 20.1 Å². The molecular formula is C24H22Cl4N2O5. The number of amides is 3. The summed E-state index contributed by atoms with van der Waals surface area (Å²) >= 11 is 24.5. The summed E-state index contributed by atoms with van der Waals surface area (Å²) in [5.41, 5.74) is 0.435. The third kappa shape index (κ3) is 5.59. The largest absolute Gasteiger partial charge is 0.454 e. The predicted octanol–water partition coefficient (Wildman–Crippen LogP) is 5.88. The molecule has 0 aliphatic carbocycles. The first kappa shape index (κ1) is 27.3. The zero-order valence-electron chi connectivity index (χ0n) is 18.9. The molecule has 7 nitrogen and oxygen atoms in total. The first-order valence-corrected chi connectivity index (χ1v) is 12.4. The Morgan fingerprint density at radius 3 is 2.00 bits per heavy atom. The van der Waals surface area contributed by atoms with Crippen molar-refractivity contribution < 1.29 is 23.9 Å². The Morgan fingerprint density at radius 2 is 1.49 bits per heavy atom. The van der Waals surface area contributed by atoms with Crippen molar-refractivity contribution in [3.63, 3.8) is 0 Å². The van der Waals surface area contributed by atoms with Crippen molar-refractivity contribution in [1.29, 1.82) is 0 Å². The SMILES string of the molecule is CCCC[C@@H](C(=O)OCC(=O)N[C@@H](C)c1ccccc1)N1C(=O)c2c(Cl)c(Cl)c(Cl)c(Cl)c2C1=O. The van der Waals surface area contributed by atoms with Crippen LogP contribution in [-0.2, 0) is 14.3 Å². The van der Waals surface area contributed by atoms with Crippen molar-refractivity contribution >= 4 is 70.1 Å². The molecule has 3 rings (SSSR count). The van der Waals surface area contributed by atoms with Gasteiger partial charge < -0.3 is 10.1 Å². The monoisotopic (exact) mass is 558 g/mol. The molecule has 1 aliphatic rings. The van der Waals surface area contributed by atoms with Gasteiger partial charge in [0.25, 0.3) is 17.7 Å². The topological polar surface area (TPSA) is 92.8 Å². The fourth-order valence-corrected chi connectivity index (χ4v) is 4.75. The Kier molecular flexibility index (Phi) is 9.05. The van der Waals surface area contributed by atoms with Crippen molar-refractivity contribution in [2.24, 2.45) is 0 Å². The van der Waals surface area contributed by atoms with Gasteiger partial charge >= 0.3 is 5.97 Å². The molecule has 2 aromatic carbocycles. The number of benzene rings is 2. The van der Waals surface area contributed by atoms with Crippen molar-refractivity contribution in [2.75, 3.05) is 6.61 Å². The summed E-state index contributed by atoms with van der Waals surface area (Å²) in [6, 6.07) is 7.66. The maximum absolute atomic E-state index is 13.2. The number of carbonyl (C=O) groups excluding carboxylic acids is 4. The second kappa shape index (κ2) is 11.6. The predicted molar refractivity (Wildman–Crippen MR) is 134 cm³/mol. The quantitative estimate of drug-likeness (QED) is 0.179. The van der Waals surface area contributed by atoms with Crippen LogP contribution < -0.4 is 5.32 Å². The van der Waals surface area contributed by atoms with E-state index in [0.717, 1.165) is 10.5 Å². The smallest absolute Gasteiger partial charge is 0.329 e. The molecule has 0 spiro atoms. The van der Waals surface area contributed by atoms with Crippen LogP contribution in [0.4, 0.5) is 0 Å². The third-order valence-electron chi connectivity index (χ3n) is 5.57. The van der Waals surface area contributed by atoms with Gasteiger partial charge in [-0.15, -0.1) is 0 Å². The molecular weight excluding hydrogens is 538 g/mol. The van der Waals surface area contributed by atoms with Crippen LogP contribution in [0.25, 0.3) is 0 Å². The number of nitrogens with one attached hydrogen (secondary N) is 1. The molecule has 3 amide bonds. The lowest BCUT2D eigenvalue weighted by Crippen LogP contribution is -2.46. The molecule has 1 heterocycles. The van der Waals surface area contributed by atoms with Gasteiger partial charge in [-0.1, -0.05) is 96.5 Å². The van der Waals surface area contributed by atoms with Crippen LogP contribution in [0.5, 0.6) is 0 Å². The minimum atomic E-state index is -1.29. The summed E-state index contributed by atoms with van der Waals surface area (Å²) in [5, 5.41) is 1.94. The van der Waals surface area contributed by atoms with Gasteiger partial charge in [-0.3, -0.25) is 19.3 Å². The number of nitrogens with zero attached hydrogens (tertiary/aromatic N) is 1. The van der Waals surface area contributed by atoms with Crippen molar-refractivity contribution in [1.82, 2.24) is 10.2 Å². The molecule has 0 saturated carbocycles. The number of fused-ring (bicyclic) bond motifs is 1. The van der Waals surface area contributed by atoms with Crippen LogP contribution in [0.15, 0.2) is 30.3 Å². The van der Waals surface area contributed by atoms with E-state index in [9.17, 15) is 19.2 Å². The number of esters is 1. The highest BCUT2D eigenvalue weighted by Gasteiger charge is 2.47. The van der Waals surface area contributed by atoms with E-state index in [0.29, 0.717) is 12.8 Å². The van der Waals surface area contributed by atoms with Crippen LogP contribution in [0, 0.1) is 0 Å². The minimum Gasteiger partial charge on any atom is -0.454 e. The van der Waals surface area contributed by atoms with Gasteiger partial charge in [0.1, 0.15) is 6.04 Å². The maximum Gasteiger partial charge on any atom is 0.329 e. The van der Waals surface area contributed by atoms with Crippen molar-refractivity contribution in [3.8, 4) is 0 Å². The zero-order chi connectivity index (χ0) is 25.9. The van der Waals surface area contributed by atoms with Crippen LogP contribution in [0.3, 0.4) is 0 Å². The first-order chi connectivity index (χ1) is 16.6. The van der Waals surface area contributed by atoms with Crippen molar-refractivity contribution in [3.05, 3.63) is 67.1 Å². The number of carbonyl (C=O) groups is 4. The number of ether oxygens (including phenoxy) is 1. The minimum absolute atomic E-state index is 0.125. The van der Waals surface area contributed by atoms with E-state index in [2.05, 4.69) is 5.32 Å². The number of imide groups is 1. The molecule has 1 N–H and O–H groups in total. The molecule has 0 saturated heterocycles. The molecule has 2 aromatic rings. The fraction of sp³-hybridized carbons (Fsp3) is 0.333. The van der Waals surface area contributed by atoms with E-state index in [1.165, 1.54) is 0 Å². The normalized spacial score (nSPS) is 14.5. The van der Waals surface area contributed by atoms with Crippen molar-refractivity contribution in [2.45, 2.75) is 45.2 Å². The zero-order valence-corrected chi connectivity index (χ0v) is 21.9. The molecule has 11 heteroatoms. The Hall–Kier alpha value is -2.32. The molecule has 0 bridgehead atoms. The molecule has 35 heavy (non-hydrogen) atoms. The molecule has 186 valence electrons. The third-order valence-corrected chi connectivity index (χ3v) is 7.37.